The van der Waals surface area contributed by atoms with Crippen LogP contribution in [0.2, 0.25) is 0 Å². The van der Waals surface area contributed by atoms with Crippen LogP contribution in [0.3, 0.4) is 0 Å². The van der Waals surface area contributed by atoms with Gasteiger partial charge in [-0.25, -0.2) is 4.98 Å². The fourth-order valence-corrected chi connectivity index (χ4v) is 2.35. The van der Waals surface area contributed by atoms with Gasteiger partial charge in [0.05, 0.1) is 31.2 Å². The van der Waals surface area contributed by atoms with Gasteiger partial charge in [0.25, 0.3) is 0 Å². The second-order valence-electron chi connectivity index (χ2n) is 5.62. The molecule has 0 spiro atoms. The molecule has 2 heterocycles. The highest BCUT2D eigenvalue weighted by Crippen LogP contribution is 2.20. The largest absolute Gasteiger partial charge is 0.394 e. The fraction of sp³-hybridized carbons (Fsp3) is 0.312. The van der Waals surface area contributed by atoms with Crippen molar-refractivity contribution >= 4 is 0 Å². The van der Waals surface area contributed by atoms with Gasteiger partial charge < -0.3 is 25.4 Å². The van der Waals surface area contributed by atoms with Crippen LogP contribution in [0, 0.1) is 0 Å². The molecule has 0 fully saturated rings. The summed E-state index contributed by atoms with van der Waals surface area (Å²) in [6.45, 7) is -0.147. The molecule has 0 aliphatic heterocycles. The number of nitrogens with one attached hydrogen (secondary N) is 1. The lowest BCUT2D eigenvalue weighted by Gasteiger charge is -2.20. The van der Waals surface area contributed by atoms with E-state index in [2.05, 4.69) is 20.2 Å². The molecule has 0 radical (unpaired) electrons. The van der Waals surface area contributed by atoms with Gasteiger partial charge in [0.15, 0.2) is 5.82 Å². The number of H-pyrrole nitrogens is 1. The number of aromatic nitrogens is 5. The van der Waals surface area contributed by atoms with Crippen molar-refractivity contribution in [2.24, 2.45) is 0 Å². The number of hydrogen-bond donors (Lipinski definition) is 5. The molecule has 1 aromatic carbocycles. The van der Waals surface area contributed by atoms with Crippen LogP contribution in [-0.4, -0.2) is 64.2 Å². The smallest absolute Gasteiger partial charge is 0.159 e. The Labute approximate surface area is 143 Å². The van der Waals surface area contributed by atoms with E-state index in [9.17, 15) is 15.3 Å². The minimum absolute atomic E-state index is 0.201. The number of aliphatic hydroxyl groups is 4. The first-order chi connectivity index (χ1) is 12.1. The summed E-state index contributed by atoms with van der Waals surface area (Å²) in [6, 6.07) is 9.75. The van der Waals surface area contributed by atoms with Crippen molar-refractivity contribution in [2.45, 2.75) is 24.9 Å². The van der Waals surface area contributed by atoms with Gasteiger partial charge in [-0.3, -0.25) is 0 Å². The third-order valence-corrected chi connectivity index (χ3v) is 3.76. The standard InChI is InChI=1S/C16H19N5O4/c22-9-13(23)15(25)14(24)11-6-17-16(19-11)12-7-18-21(20-12)8-10-4-2-1-3-5-10/h1-7,13-15,22-25H,8-9H2,(H,17,19)/t13-,14-,15-/m1/s1. The van der Waals surface area contributed by atoms with E-state index in [4.69, 9.17) is 5.11 Å². The summed E-state index contributed by atoms with van der Waals surface area (Å²) in [5.41, 5.74) is 1.74. The summed E-state index contributed by atoms with van der Waals surface area (Å²) < 4.78 is 0. The highest BCUT2D eigenvalue weighted by atomic mass is 16.4. The molecule has 3 aromatic rings. The lowest BCUT2D eigenvalue weighted by atomic mass is 10.1. The van der Waals surface area contributed by atoms with Crippen LogP contribution in [0.1, 0.15) is 17.4 Å². The van der Waals surface area contributed by atoms with E-state index in [-0.39, 0.29) is 5.69 Å². The van der Waals surface area contributed by atoms with Gasteiger partial charge in [-0.2, -0.15) is 9.90 Å². The fourth-order valence-electron chi connectivity index (χ4n) is 2.35. The maximum absolute atomic E-state index is 10.0. The number of aliphatic hydroxyl groups excluding tert-OH is 4. The molecule has 5 N–H and O–H groups in total. The summed E-state index contributed by atoms with van der Waals surface area (Å²) >= 11 is 0. The predicted octanol–water partition coefficient (Wildman–Crippen LogP) is -0.536. The Kier molecular flexibility index (Phi) is 5.19. The van der Waals surface area contributed by atoms with Crippen LogP contribution >= 0.6 is 0 Å². The van der Waals surface area contributed by atoms with Crippen molar-refractivity contribution in [2.75, 3.05) is 6.61 Å². The third kappa shape index (κ3) is 3.91. The number of benzene rings is 1. The Morgan fingerprint density at radius 2 is 1.84 bits per heavy atom. The molecule has 9 heteroatoms. The molecule has 0 unspecified atom stereocenters. The summed E-state index contributed by atoms with van der Waals surface area (Å²) in [5.74, 6) is 0.374. The third-order valence-electron chi connectivity index (χ3n) is 3.76. The lowest BCUT2D eigenvalue weighted by Crippen LogP contribution is -2.34. The zero-order valence-electron chi connectivity index (χ0n) is 13.3. The van der Waals surface area contributed by atoms with Crippen LogP contribution in [0.15, 0.2) is 42.7 Å². The minimum Gasteiger partial charge on any atom is -0.394 e. The van der Waals surface area contributed by atoms with Crippen molar-refractivity contribution in [3.63, 3.8) is 0 Å². The molecule has 0 saturated heterocycles. The molecule has 0 aliphatic rings. The Balaban J connectivity index is 1.72. The van der Waals surface area contributed by atoms with E-state index >= 15 is 0 Å². The lowest BCUT2D eigenvalue weighted by molar-refractivity contribution is -0.0788. The van der Waals surface area contributed by atoms with E-state index in [0.29, 0.717) is 18.1 Å². The van der Waals surface area contributed by atoms with Crippen molar-refractivity contribution < 1.29 is 20.4 Å². The Morgan fingerprint density at radius 3 is 2.56 bits per heavy atom. The molecular weight excluding hydrogens is 326 g/mol. The Hall–Kier alpha value is -2.59. The van der Waals surface area contributed by atoms with E-state index < -0.39 is 24.9 Å². The summed E-state index contributed by atoms with van der Waals surface area (Å²) in [6.07, 6.45) is -1.52. The quantitative estimate of drug-likeness (QED) is 0.387. The highest BCUT2D eigenvalue weighted by molar-refractivity contribution is 5.47. The van der Waals surface area contributed by atoms with Crippen LogP contribution in [0.25, 0.3) is 11.5 Å². The first kappa shape index (κ1) is 17.2. The molecule has 0 bridgehead atoms. The van der Waals surface area contributed by atoms with E-state index in [1.54, 1.807) is 0 Å². The van der Waals surface area contributed by atoms with Crippen molar-refractivity contribution in [1.29, 1.82) is 0 Å². The van der Waals surface area contributed by atoms with Crippen LogP contribution in [-0.2, 0) is 6.54 Å². The molecule has 0 saturated carbocycles. The van der Waals surface area contributed by atoms with Gasteiger partial charge in [-0.1, -0.05) is 30.3 Å². The van der Waals surface area contributed by atoms with Gasteiger partial charge in [0.1, 0.15) is 24.0 Å². The highest BCUT2D eigenvalue weighted by Gasteiger charge is 2.27. The van der Waals surface area contributed by atoms with Gasteiger partial charge in [-0.15, -0.1) is 5.10 Å². The minimum atomic E-state index is -1.54. The number of aromatic amines is 1. The van der Waals surface area contributed by atoms with Gasteiger partial charge in [0.2, 0.25) is 0 Å². The number of imidazole rings is 1. The topological polar surface area (TPSA) is 140 Å². The van der Waals surface area contributed by atoms with E-state index in [0.717, 1.165) is 5.56 Å². The van der Waals surface area contributed by atoms with E-state index in [1.165, 1.54) is 17.2 Å². The first-order valence-corrected chi connectivity index (χ1v) is 7.73. The van der Waals surface area contributed by atoms with Crippen molar-refractivity contribution in [3.05, 3.63) is 54.0 Å². The molecule has 0 aliphatic carbocycles. The molecule has 3 atom stereocenters. The van der Waals surface area contributed by atoms with Crippen molar-refractivity contribution in [1.82, 2.24) is 25.0 Å². The predicted molar refractivity (Wildman–Crippen MR) is 87.2 cm³/mol. The first-order valence-electron chi connectivity index (χ1n) is 7.73. The monoisotopic (exact) mass is 345 g/mol. The number of nitrogens with zero attached hydrogens (tertiary/aromatic N) is 4. The Bertz CT molecular complexity index is 804. The molecule has 0 amide bonds. The van der Waals surface area contributed by atoms with Gasteiger partial charge in [-0.05, 0) is 5.56 Å². The number of hydrogen-bond acceptors (Lipinski definition) is 7. The van der Waals surface area contributed by atoms with Gasteiger partial charge >= 0.3 is 0 Å². The second-order valence-corrected chi connectivity index (χ2v) is 5.62. The molecular formula is C16H19N5O4. The van der Waals surface area contributed by atoms with E-state index in [1.807, 2.05) is 30.3 Å². The average molecular weight is 345 g/mol. The van der Waals surface area contributed by atoms with Crippen LogP contribution < -0.4 is 0 Å². The molecule has 25 heavy (non-hydrogen) atoms. The zero-order chi connectivity index (χ0) is 17.8. The normalized spacial score (nSPS) is 15.0. The molecule has 2 aromatic heterocycles. The second kappa shape index (κ2) is 7.53. The maximum atomic E-state index is 10.0. The summed E-state index contributed by atoms with van der Waals surface area (Å²) in [7, 11) is 0. The molecule has 3 rings (SSSR count). The molecule has 132 valence electrons. The zero-order valence-corrected chi connectivity index (χ0v) is 13.3. The van der Waals surface area contributed by atoms with Crippen molar-refractivity contribution in [3.8, 4) is 11.5 Å². The summed E-state index contributed by atoms with van der Waals surface area (Å²) in [5, 5.41) is 46.5. The Morgan fingerprint density at radius 1 is 1.08 bits per heavy atom. The SMILES string of the molecule is OC[C@@H](O)[C@@H](O)[C@H](O)c1cnc(-c2cnn(Cc3ccccc3)n2)[nH]1. The summed E-state index contributed by atoms with van der Waals surface area (Å²) in [4.78, 5) is 8.47. The average Bonchev–Trinajstić information content (AvgIpc) is 3.30. The number of rotatable bonds is 7. The molecule has 9 nitrogen and oxygen atoms in total. The maximum Gasteiger partial charge on any atom is 0.159 e. The van der Waals surface area contributed by atoms with Crippen LogP contribution in [0.5, 0.6) is 0 Å². The van der Waals surface area contributed by atoms with Crippen LogP contribution in [0.4, 0.5) is 0 Å². The van der Waals surface area contributed by atoms with Gasteiger partial charge in [0, 0.05) is 0 Å².